The molecule has 0 bridgehead atoms. The van der Waals surface area contributed by atoms with Crippen LogP contribution < -0.4 is 9.88 Å². The molecule has 2 rings (SSSR count). The van der Waals surface area contributed by atoms with Gasteiger partial charge in [0.05, 0.1) is 11.5 Å². The first-order chi connectivity index (χ1) is 11.1. The second-order valence-electron chi connectivity index (χ2n) is 5.24. The van der Waals surface area contributed by atoms with E-state index in [1.165, 1.54) is 12.1 Å². The number of alkyl halides is 1. The summed E-state index contributed by atoms with van der Waals surface area (Å²) in [7, 11) is 0. The standard InChI is InChI=1S/C15H20BrN4O3/c16-10-15(21)11-19-9-8-18(12-19)7-1-6-17-13-2-4-14(5-3-13)20(22)23/h2-5,8-9,12,15,17,21H,1,6-7,10-11H2/q+1. The number of nitrogens with one attached hydrogen (secondary N) is 1. The Morgan fingerprint density at radius 2 is 2.13 bits per heavy atom. The fourth-order valence-corrected chi connectivity index (χ4v) is 2.37. The number of rotatable bonds is 9. The molecule has 0 aliphatic heterocycles. The van der Waals surface area contributed by atoms with E-state index in [0.29, 0.717) is 11.9 Å². The van der Waals surface area contributed by atoms with Crippen molar-refractivity contribution in [2.24, 2.45) is 0 Å². The van der Waals surface area contributed by atoms with Crippen LogP contribution in [0.3, 0.4) is 0 Å². The minimum Gasteiger partial charge on any atom is -0.388 e. The van der Waals surface area contributed by atoms with Crippen molar-refractivity contribution in [2.75, 3.05) is 17.2 Å². The molecule has 1 unspecified atom stereocenters. The fourth-order valence-electron chi connectivity index (χ4n) is 2.17. The maximum atomic E-state index is 10.6. The average Bonchev–Trinajstić information content (AvgIpc) is 2.99. The van der Waals surface area contributed by atoms with Gasteiger partial charge in [-0.2, -0.15) is 0 Å². The first-order valence-electron chi connectivity index (χ1n) is 7.35. The molecule has 0 amide bonds. The highest BCUT2D eigenvalue weighted by molar-refractivity contribution is 9.09. The van der Waals surface area contributed by atoms with Crippen LogP contribution in [0, 0.1) is 10.1 Å². The van der Waals surface area contributed by atoms with Crippen LogP contribution in [0.4, 0.5) is 11.4 Å². The molecule has 8 heteroatoms. The highest BCUT2D eigenvalue weighted by Gasteiger charge is 2.09. The maximum Gasteiger partial charge on any atom is 0.269 e. The van der Waals surface area contributed by atoms with Crippen LogP contribution in [0.1, 0.15) is 6.42 Å². The molecule has 0 saturated carbocycles. The summed E-state index contributed by atoms with van der Waals surface area (Å²) in [6, 6.07) is 6.41. The molecule has 0 aliphatic carbocycles. The molecule has 1 aromatic heterocycles. The summed E-state index contributed by atoms with van der Waals surface area (Å²) in [6.07, 6.45) is 6.42. The number of hydrogen-bond acceptors (Lipinski definition) is 4. The number of aliphatic hydroxyl groups excluding tert-OH is 1. The van der Waals surface area contributed by atoms with Gasteiger partial charge in [-0.05, 0) is 12.1 Å². The Bertz CT molecular complexity index is 630. The van der Waals surface area contributed by atoms with E-state index in [0.717, 1.165) is 25.2 Å². The number of nitro groups is 1. The van der Waals surface area contributed by atoms with Crippen LogP contribution in [0.15, 0.2) is 43.0 Å². The number of anilines is 1. The minimum absolute atomic E-state index is 0.0955. The molecule has 0 saturated heterocycles. The zero-order valence-electron chi connectivity index (χ0n) is 12.6. The zero-order valence-corrected chi connectivity index (χ0v) is 14.2. The SMILES string of the molecule is O=[N+]([O-])c1ccc(NCCCn2cc[n+](CC(O)CBr)c2)cc1. The van der Waals surface area contributed by atoms with E-state index in [4.69, 9.17) is 0 Å². The lowest BCUT2D eigenvalue weighted by molar-refractivity contribution is -0.702. The molecular weight excluding hydrogens is 364 g/mol. The van der Waals surface area contributed by atoms with E-state index in [1.54, 1.807) is 12.1 Å². The van der Waals surface area contributed by atoms with Crippen LogP contribution in [0.25, 0.3) is 0 Å². The highest BCUT2D eigenvalue weighted by Crippen LogP contribution is 2.15. The molecule has 2 N–H and O–H groups in total. The lowest BCUT2D eigenvalue weighted by Gasteiger charge is -2.05. The Kier molecular flexibility index (Phi) is 6.54. The zero-order chi connectivity index (χ0) is 16.7. The number of halogens is 1. The predicted molar refractivity (Wildman–Crippen MR) is 90.6 cm³/mol. The molecule has 2 aromatic rings. The molecule has 0 fully saturated rings. The lowest BCUT2D eigenvalue weighted by atomic mass is 10.3. The number of hydrogen-bond donors (Lipinski definition) is 2. The summed E-state index contributed by atoms with van der Waals surface area (Å²) in [5, 5.41) is 24.0. The van der Waals surface area contributed by atoms with Gasteiger partial charge in [0.15, 0.2) is 0 Å². The molecule has 23 heavy (non-hydrogen) atoms. The first-order valence-corrected chi connectivity index (χ1v) is 8.48. The average molecular weight is 384 g/mol. The third-order valence-corrected chi connectivity index (χ3v) is 4.09. The molecule has 1 aromatic carbocycles. The number of aromatic nitrogens is 2. The van der Waals surface area contributed by atoms with Crippen LogP contribution >= 0.6 is 15.9 Å². The monoisotopic (exact) mass is 383 g/mol. The minimum atomic E-state index is -0.405. The normalized spacial score (nSPS) is 12.1. The van der Waals surface area contributed by atoms with Crippen LogP contribution in [-0.2, 0) is 13.1 Å². The van der Waals surface area contributed by atoms with Gasteiger partial charge in [0.25, 0.3) is 5.69 Å². The Hall–Kier alpha value is -1.93. The van der Waals surface area contributed by atoms with Crippen molar-refractivity contribution in [3.63, 3.8) is 0 Å². The maximum absolute atomic E-state index is 10.6. The van der Waals surface area contributed by atoms with Gasteiger partial charge in [-0.1, -0.05) is 15.9 Å². The second kappa shape index (κ2) is 8.64. The number of benzene rings is 1. The molecule has 0 spiro atoms. The Labute approximate surface area is 142 Å². The second-order valence-corrected chi connectivity index (χ2v) is 5.89. The van der Waals surface area contributed by atoms with Crippen molar-refractivity contribution in [3.8, 4) is 0 Å². The van der Waals surface area contributed by atoms with Crippen molar-refractivity contribution >= 4 is 27.3 Å². The summed E-state index contributed by atoms with van der Waals surface area (Å²) in [5.41, 5.74) is 0.969. The number of aliphatic hydroxyl groups is 1. The number of nitrogens with zero attached hydrogens (tertiary/aromatic N) is 3. The fraction of sp³-hybridized carbons (Fsp3) is 0.400. The molecule has 7 nitrogen and oxygen atoms in total. The van der Waals surface area contributed by atoms with Crippen molar-refractivity contribution in [1.29, 1.82) is 0 Å². The van der Waals surface area contributed by atoms with Crippen LogP contribution in [0.5, 0.6) is 0 Å². The molecule has 1 heterocycles. The van der Waals surface area contributed by atoms with E-state index in [-0.39, 0.29) is 11.8 Å². The van der Waals surface area contributed by atoms with E-state index >= 15 is 0 Å². The van der Waals surface area contributed by atoms with Crippen molar-refractivity contribution in [3.05, 3.63) is 53.1 Å². The number of imidazole rings is 1. The van der Waals surface area contributed by atoms with Crippen LogP contribution in [0.2, 0.25) is 0 Å². The smallest absolute Gasteiger partial charge is 0.269 e. The summed E-state index contributed by atoms with van der Waals surface area (Å²) in [6.45, 7) is 2.21. The molecule has 0 radical (unpaired) electrons. The third kappa shape index (κ3) is 5.65. The molecule has 124 valence electrons. The van der Waals surface area contributed by atoms with Gasteiger partial charge in [-0.15, -0.1) is 0 Å². The molecule has 0 aliphatic rings. The van der Waals surface area contributed by atoms with Gasteiger partial charge < -0.3 is 10.4 Å². The van der Waals surface area contributed by atoms with E-state index in [2.05, 4.69) is 25.8 Å². The van der Waals surface area contributed by atoms with Gasteiger partial charge in [0.2, 0.25) is 6.33 Å². The lowest BCUT2D eigenvalue weighted by Crippen LogP contribution is -2.38. The van der Waals surface area contributed by atoms with Crippen molar-refractivity contribution in [1.82, 2.24) is 4.57 Å². The van der Waals surface area contributed by atoms with Crippen molar-refractivity contribution in [2.45, 2.75) is 25.6 Å². The topological polar surface area (TPSA) is 84.2 Å². The largest absolute Gasteiger partial charge is 0.388 e. The Balaban J connectivity index is 1.72. The molecular formula is C15H20BrN4O3+. The summed E-state index contributed by atoms with van der Waals surface area (Å²) < 4.78 is 4.02. The van der Waals surface area contributed by atoms with E-state index in [9.17, 15) is 15.2 Å². The van der Waals surface area contributed by atoms with Crippen molar-refractivity contribution < 1.29 is 14.6 Å². The predicted octanol–water partition coefficient (Wildman–Crippen LogP) is 1.94. The third-order valence-electron chi connectivity index (χ3n) is 3.35. The van der Waals surface area contributed by atoms with Gasteiger partial charge in [-0.25, -0.2) is 9.13 Å². The Morgan fingerprint density at radius 1 is 1.39 bits per heavy atom. The highest BCUT2D eigenvalue weighted by atomic mass is 79.9. The van der Waals surface area contributed by atoms with Gasteiger partial charge in [0, 0.05) is 36.1 Å². The van der Waals surface area contributed by atoms with E-state index in [1.807, 2.05) is 23.3 Å². The summed E-state index contributed by atoms with van der Waals surface area (Å²) >= 11 is 3.25. The number of nitro benzene ring substituents is 1. The van der Waals surface area contributed by atoms with Gasteiger partial charge >= 0.3 is 0 Å². The van der Waals surface area contributed by atoms with Gasteiger partial charge in [0.1, 0.15) is 25.0 Å². The summed E-state index contributed by atoms with van der Waals surface area (Å²) in [4.78, 5) is 10.2. The number of aryl methyl sites for hydroxylation is 1. The van der Waals surface area contributed by atoms with Crippen LogP contribution in [-0.4, -0.2) is 32.6 Å². The first kappa shape index (κ1) is 17.4. The Morgan fingerprint density at radius 3 is 2.78 bits per heavy atom. The van der Waals surface area contributed by atoms with Gasteiger partial charge in [-0.3, -0.25) is 10.1 Å². The number of non-ortho nitro benzene ring substituents is 1. The quantitative estimate of drug-likeness (QED) is 0.228. The molecule has 1 atom stereocenters. The van der Waals surface area contributed by atoms with E-state index < -0.39 is 4.92 Å². The summed E-state index contributed by atoms with van der Waals surface area (Å²) in [5.74, 6) is 0.